The molecule has 12 nitrogen and oxygen atoms in total. The van der Waals surface area contributed by atoms with E-state index in [2.05, 4.69) is 15.3 Å². The maximum atomic E-state index is 14.6. The van der Waals surface area contributed by atoms with Crippen LogP contribution >= 0.6 is 0 Å². The van der Waals surface area contributed by atoms with Crippen LogP contribution in [0.25, 0.3) is 0 Å². The predicted octanol–water partition coefficient (Wildman–Crippen LogP) is 3.98. The van der Waals surface area contributed by atoms with Crippen molar-refractivity contribution in [1.82, 2.24) is 14.9 Å². The van der Waals surface area contributed by atoms with Gasteiger partial charge in [0, 0.05) is 40.2 Å². The van der Waals surface area contributed by atoms with Crippen LogP contribution in [0, 0.1) is 11.6 Å². The third-order valence-electron chi connectivity index (χ3n) is 6.39. The van der Waals surface area contributed by atoms with Crippen molar-refractivity contribution in [3.8, 4) is 5.75 Å². The number of ether oxygens (including phenoxy) is 1. The van der Waals surface area contributed by atoms with E-state index in [0.29, 0.717) is 18.7 Å². The molecule has 0 bridgehead atoms. The van der Waals surface area contributed by atoms with E-state index in [0.717, 1.165) is 22.5 Å². The number of anilines is 3. The standard InChI is InChI=1S/C28H34F2N6O6S/c1-6-35(7-2)27-31-17-22(36(8-3)43(40,41)23-11-9-10-20(29)24(23)30)25(33-27)32-21(26(37)38)16-18-12-14-19(15-13-18)42-28(39)34(4)5/h9-15,17,21H,6-8,16H2,1-5H3,(H,37,38)(H,31,32,33). The first-order valence-electron chi connectivity index (χ1n) is 13.4. The molecular formula is C28H34F2N6O6S. The zero-order valence-electron chi connectivity index (χ0n) is 24.4. The number of rotatable bonds is 13. The first-order valence-corrected chi connectivity index (χ1v) is 14.8. The lowest BCUT2D eigenvalue weighted by Gasteiger charge is -2.27. The highest BCUT2D eigenvalue weighted by molar-refractivity contribution is 7.92. The summed E-state index contributed by atoms with van der Waals surface area (Å²) in [5.41, 5.74) is 0.408. The van der Waals surface area contributed by atoms with E-state index in [9.17, 15) is 31.9 Å². The lowest BCUT2D eigenvalue weighted by atomic mass is 10.1. The SMILES string of the molecule is CCN(CC)c1ncc(N(CC)S(=O)(=O)c2cccc(F)c2F)c(NC(Cc2ccc(OC(=O)N(C)C)cc2)C(=O)O)n1. The van der Waals surface area contributed by atoms with Crippen LogP contribution in [-0.4, -0.2) is 80.2 Å². The van der Waals surface area contributed by atoms with Crippen LogP contribution in [0.4, 0.5) is 31.0 Å². The van der Waals surface area contributed by atoms with Crippen molar-refractivity contribution in [2.75, 3.05) is 48.3 Å². The molecule has 1 aromatic heterocycles. The fourth-order valence-corrected chi connectivity index (χ4v) is 5.62. The average Bonchev–Trinajstić information content (AvgIpc) is 2.96. The highest BCUT2D eigenvalue weighted by atomic mass is 32.2. The number of halogens is 2. The van der Waals surface area contributed by atoms with Gasteiger partial charge in [-0.1, -0.05) is 18.2 Å². The Hall–Kier alpha value is -4.53. The van der Waals surface area contributed by atoms with Crippen molar-refractivity contribution in [3.63, 3.8) is 0 Å². The maximum Gasteiger partial charge on any atom is 0.414 e. The highest BCUT2D eigenvalue weighted by Crippen LogP contribution is 2.32. The van der Waals surface area contributed by atoms with Crippen LogP contribution in [0.5, 0.6) is 5.75 Å². The van der Waals surface area contributed by atoms with E-state index in [1.165, 1.54) is 44.2 Å². The molecule has 0 aliphatic rings. The van der Waals surface area contributed by atoms with Crippen LogP contribution in [-0.2, 0) is 21.2 Å². The van der Waals surface area contributed by atoms with Gasteiger partial charge < -0.3 is 25.0 Å². The summed E-state index contributed by atoms with van der Waals surface area (Å²) >= 11 is 0. The molecule has 0 radical (unpaired) electrons. The van der Waals surface area contributed by atoms with E-state index < -0.39 is 44.7 Å². The van der Waals surface area contributed by atoms with Gasteiger partial charge in [0.05, 0.1) is 6.20 Å². The molecule has 0 spiro atoms. The van der Waals surface area contributed by atoms with Crippen LogP contribution in [0.3, 0.4) is 0 Å². The van der Waals surface area contributed by atoms with Gasteiger partial charge in [-0.3, -0.25) is 4.31 Å². The quantitative estimate of drug-likeness (QED) is 0.288. The molecule has 1 atom stereocenters. The number of hydrogen-bond acceptors (Lipinski definition) is 9. The largest absolute Gasteiger partial charge is 0.480 e. The molecule has 3 rings (SSSR count). The summed E-state index contributed by atoms with van der Waals surface area (Å²) < 4.78 is 61.7. The van der Waals surface area contributed by atoms with Crippen molar-refractivity contribution >= 4 is 39.5 Å². The molecule has 0 aliphatic heterocycles. The summed E-state index contributed by atoms with van der Waals surface area (Å²) in [5, 5.41) is 12.9. The first kappa shape index (κ1) is 33.0. The Bertz CT molecular complexity index is 1550. The van der Waals surface area contributed by atoms with E-state index in [4.69, 9.17) is 4.74 Å². The Kier molecular flexibility index (Phi) is 10.8. The monoisotopic (exact) mass is 620 g/mol. The van der Waals surface area contributed by atoms with E-state index in [1.54, 1.807) is 17.0 Å². The minimum Gasteiger partial charge on any atom is -0.480 e. The summed E-state index contributed by atoms with van der Waals surface area (Å²) in [6, 6.07) is 7.73. The second-order valence-corrected chi connectivity index (χ2v) is 11.3. The van der Waals surface area contributed by atoms with Gasteiger partial charge in [-0.25, -0.2) is 31.8 Å². The van der Waals surface area contributed by atoms with Gasteiger partial charge in [-0.2, -0.15) is 4.98 Å². The summed E-state index contributed by atoms with van der Waals surface area (Å²) in [5.74, 6) is -3.81. The summed E-state index contributed by atoms with van der Waals surface area (Å²) in [4.78, 5) is 35.1. The second-order valence-electron chi connectivity index (χ2n) is 9.44. The predicted molar refractivity (Wildman–Crippen MR) is 157 cm³/mol. The summed E-state index contributed by atoms with van der Waals surface area (Å²) in [7, 11) is -1.60. The number of aromatic nitrogens is 2. The number of hydrogen-bond donors (Lipinski definition) is 2. The van der Waals surface area contributed by atoms with Crippen molar-refractivity contribution in [3.05, 3.63) is 65.9 Å². The molecule has 0 aliphatic carbocycles. The summed E-state index contributed by atoms with van der Waals surface area (Å²) in [6.07, 6.45) is 0.555. The van der Waals surface area contributed by atoms with Crippen molar-refractivity contribution in [2.45, 2.75) is 38.1 Å². The maximum absolute atomic E-state index is 14.6. The van der Waals surface area contributed by atoms with Gasteiger partial charge in [0.25, 0.3) is 10.0 Å². The first-order chi connectivity index (χ1) is 20.3. The van der Waals surface area contributed by atoms with Crippen molar-refractivity contribution < 1.29 is 36.6 Å². The lowest BCUT2D eigenvalue weighted by molar-refractivity contribution is -0.137. The number of nitrogens with one attached hydrogen (secondary N) is 1. The van der Waals surface area contributed by atoms with E-state index >= 15 is 0 Å². The van der Waals surface area contributed by atoms with Gasteiger partial charge in [0.1, 0.15) is 22.4 Å². The molecule has 1 unspecified atom stereocenters. The van der Waals surface area contributed by atoms with Crippen molar-refractivity contribution in [1.29, 1.82) is 0 Å². The zero-order valence-corrected chi connectivity index (χ0v) is 25.2. The molecule has 1 amide bonds. The van der Waals surface area contributed by atoms with Gasteiger partial charge in [-0.05, 0) is 50.6 Å². The molecule has 2 aromatic carbocycles. The second kappa shape index (κ2) is 14.1. The fourth-order valence-electron chi connectivity index (χ4n) is 4.07. The van der Waals surface area contributed by atoms with Gasteiger partial charge >= 0.3 is 12.1 Å². The molecular weight excluding hydrogens is 586 g/mol. The molecule has 2 N–H and O–H groups in total. The number of amides is 1. The molecule has 0 saturated carbocycles. The third-order valence-corrected chi connectivity index (χ3v) is 8.29. The van der Waals surface area contributed by atoms with Gasteiger partial charge in [0.15, 0.2) is 17.5 Å². The Morgan fingerprint density at radius 1 is 1.02 bits per heavy atom. The average molecular weight is 621 g/mol. The Labute approximate surface area is 249 Å². The highest BCUT2D eigenvalue weighted by Gasteiger charge is 2.32. The zero-order chi connectivity index (χ0) is 31.9. The molecule has 15 heteroatoms. The van der Waals surface area contributed by atoms with Crippen LogP contribution in [0.2, 0.25) is 0 Å². The number of carboxylic acids is 1. The van der Waals surface area contributed by atoms with Crippen LogP contribution in [0.15, 0.2) is 53.6 Å². The molecule has 3 aromatic rings. The molecule has 0 saturated heterocycles. The van der Waals surface area contributed by atoms with Crippen LogP contribution in [0.1, 0.15) is 26.3 Å². The smallest absolute Gasteiger partial charge is 0.414 e. The Morgan fingerprint density at radius 3 is 2.23 bits per heavy atom. The van der Waals surface area contributed by atoms with Gasteiger partial charge in [0.2, 0.25) is 5.95 Å². The normalized spacial score (nSPS) is 11.9. The molecule has 232 valence electrons. The molecule has 1 heterocycles. The number of benzene rings is 2. The lowest BCUT2D eigenvalue weighted by Crippen LogP contribution is -2.36. The number of carbonyl (C=O) groups excluding carboxylic acids is 1. The number of aliphatic carboxylic acids is 1. The Balaban J connectivity index is 2.04. The number of nitrogens with zero attached hydrogens (tertiary/aromatic N) is 5. The molecule has 0 fully saturated rings. The van der Waals surface area contributed by atoms with E-state index in [-0.39, 0.29) is 36.2 Å². The van der Waals surface area contributed by atoms with Gasteiger partial charge in [-0.15, -0.1) is 0 Å². The topological polar surface area (TPSA) is 145 Å². The fraction of sp³-hybridized carbons (Fsp3) is 0.357. The minimum atomic E-state index is -4.67. The van der Waals surface area contributed by atoms with Crippen LogP contribution < -0.4 is 19.3 Å². The number of carbonyl (C=O) groups is 2. The Morgan fingerprint density at radius 2 is 1.67 bits per heavy atom. The van der Waals surface area contributed by atoms with E-state index in [1.807, 2.05) is 13.8 Å². The third kappa shape index (κ3) is 7.66. The van der Waals surface area contributed by atoms with Crippen molar-refractivity contribution in [2.24, 2.45) is 0 Å². The number of sulfonamides is 1. The number of carboxylic acid groups (broad SMARTS) is 1. The minimum absolute atomic E-state index is 0.0707. The molecule has 43 heavy (non-hydrogen) atoms. The summed E-state index contributed by atoms with van der Waals surface area (Å²) in [6.45, 7) is 5.99.